The minimum absolute atomic E-state index is 0.537. The highest BCUT2D eigenvalue weighted by molar-refractivity contribution is 6.30. The van der Waals surface area contributed by atoms with Gasteiger partial charge in [0, 0.05) is 23.3 Å². The highest BCUT2D eigenvalue weighted by Crippen LogP contribution is 2.28. The number of halogens is 1. The number of hydrogen-bond donors (Lipinski definition) is 2. The van der Waals surface area contributed by atoms with E-state index in [0.717, 1.165) is 16.3 Å². The van der Waals surface area contributed by atoms with Crippen LogP contribution in [0.15, 0.2) is 18.2 Å². The first-order valence-electron chi connectivity index (χ1n) is 4.54. The molecule has 3 N–H and O–H groups in total. The van der Waals surface area contributed by atoms with Crippen molar-refractivity contribution < 1.29 is 0 Å². The predicted molar refractivity (Wildman–Crippen MR) is 56.0 cm³/mol. The maximum Gasteiger partial charge on any atom is 0.0410 e. The van der Waals surface area contributed by atoms with Gasteiger partial charge in [0.1, 0.15) is 0 Å². The van der Waals surface area contributed by atoms with Crippen molar-refractivity contribution in [1.82, 2.24) is 0 Å². The summed E-state index contributed by atoms with van der Waals surface area (Å²) < 4.78 is 0. The molecule has 1 aromatic carbocycles. The number of nitrogens with one attached hydrogen (secondary N) is 1. The Morgan fingerprint density at radius 1 is 1.46 bits per heavy atom. The van der Waals surface area contributed by atoms with E-state index < -0.39 is 0 Å². The number of benzene rings is 1. The SMILES string of the molecule is NCc1cc(Cl)ccc1NC1CC1. The highest BCUT2D eigenvalue weighted by atomic mass is 35.5. The van der Waals surface area contributed by atoms with Gasteiger partial charge in [0.05, 0.1) is 0 Å². The molecule has 3 heteroatoms. The molecule has 0 aromatic heterocycles. The van der Waals surface area contributed by atoms with Gasteiger partial charge >= 0.3 is 0 Å². The summed E-state index contributed by atoms with van der Waals surface area (Å²) in [4.78, 5) is 0. The number of hydrogen-bond acceptors (Lipinski definition) is 2. The number of rotatable bonds is 3. The molecule has 1 fully saturated rings. The lowest BCUT2D eigenvalue weighted by Gasteiger charge is -2.09. The minimum atomic E-state index is 0.537. The average molecular weight is 197 g/mol. The molecule has 0 unspecified atom stereocenters. The van der Waals surface area contributed by atoms with Crippen molar-refractivity contribution in [2.45, 2.75) is 25.4 Å². The van der Waals surface area contributed by atoms with E-state index in [0.29, 0.717) is 12.6 Å². The van der Waals surface area contributed by atoms with E-state index >= 15 is 0 Å². The molecule has 2 nitrogen and oxygen atoms in total. The van der Waals surface area contributed by atoms with Crippen molar-refractivity contribution in [3.8, 4) is 0 Å². The van der Waals surface area contributed by atoms with E-state index in [1.807, 2.05) is 18.2 Å². The molecule has 13 heavy (non-hydrogen) atoms. The number of nitrogens with two attached hydrogens (primary N) is 1. The van der Waals surface area contributed by atoms with Gasteiger partial charge in [0.15, 0.2) is 0 Å². The summed E-state index contributed by atoms with van der Waals surface area (Å²) >= 11 is 5.86. The largest absolute Gasteiger partial charge is 0.382 e. The third-order valence-corrected chi connectivity index (χ3v) is 2.46. The molecule has 1 aliphatic carbocycles. The van der Waals surface area contributed by atoms with E-state index in [2.05, 4.69) is 5.32 Å². The summed E-state index contributed by atoms with van der Waals surface area (Å²) in [6.45, 7) is 0.537. The standard InChI is InChI=1S/C10H13ClN2/c11-8-1-4-10(7(5-8)6-12)13-9-2-3-9/h1,4-5,9,13H,2-3,6,12H2. The summed E-state index contributed by atoms with van der Waals surface area (Å²) in [6, 6.07) is 6.48. The zero-order valence-corrected chi connectivity index (χ0v) is 8.14. The first-order valence-corrected chi connectivity index (χ1v) is 4.92. The second kappa shape index (κ2) is 3.56. The maximum absolute atomic E-state index is 5.86. The van der Waals surface area contributed by atoms with E-state index in [4.69, 9.17) is 17.3 Å². The van der Waals surface area contributed by atoms with Gasteiger partial charge in [-0.15, -0.1) is 0 Å². The van der Waals surface area contributed by atoms with Crippen molar-refractivity contribution >= 4 is 17.3 Å². The molecule has 1 aromatic rings. The molecule has 1 aliphatic rings. The Morgan fingerprint density at radius 2 is 2.23 bits per heavy atom. The Hall–Kier alpha value is -0.730. The van der Waals surface area contributed by atoms with Gasteiger partial charge in [-0.2, -0.15) is 0 Å². The Morgan fingerprint density at radius 3 is 2.85 bits per heavy atom. The molecule has 2 rings (SSSR count). The van der Waals surface area contributed by atoms with Crippen LogP contribution in [0.2, 0.25) is 5.02 Å². The molecule has 0 amide bonds. The van der Waals surface area contributed by atoms with Gasteiger partial charge < -0.3 is 11.1 Å². The topological polar surface area (TPSA) is 38.0 Å². The lowest BCUT2D eigenvalue weighted by atomic mass is 10.2. The van der Waals surface area contributed by atoms with E-state index in [9.17, 15) is 0 Å². The molecule has 0 bridgehead atoms. The van der Waals surface area contributed by atoms with Crippen molar-refractivity contribution in [2.75, 3.05) is 5.32 Å². The molecule has 0 radical (unpaired) electrons. The zero-order chi connectivity index (χ0) is 9.26. The normalized spacial score (nSPS) is 15.8. The van der Waals surface area contributed by atoms with E-state index in [1.165, 1.54) is 12.8 Å². The van der Waals surface area contributed by atoms with Crippen molar-refractivity contribution in [2.24, 2.45) is 5.73 Å². The van der Waals surface area contributed by atoms with E-state index in [-0.39, 0.29) is 0 Å². The van der Waals surface area contributed by atoms with Crippen LogP contribution in [0.5, 0.6) is 0 Å². The average Bonchev–Trinajstić information content (AvgIpc) is 2.92. The number of anilines is 1. The van der Waals surface area contributed by atoms with Gasteiger partial charge in [0.25, 0.3) is 0 Å². The smallest absolute Gasteiger partial charge is 0.0410 e. The van der Waals surface area contributed by atoms with Crippen LogP contribution in [0.25, 0.3) is 0 Å². The first kappa shape index (κ1) is 8.85. The molecule has 0 atom stereocenters. The second-order valence-corrected chi connectivity index (χ2v) is 3.86. The third kappa shape index (κ3) is 2.14. The fourth-order valence-corrected chi connectivity index (χ4v) is 1.51. The second-order valence-electron chi connectivity index (χ2n) is 3.42. The molecular formula is C10H13ClN2. The van der Waals surface area contributed by atoms with Crippen LogP contribution in [-0.4, -0.2) is 6.04 Å². The van der Waals surface area contributed by atoms with Gasteiger partial charge in [0.2, 0.25) is 0 Å². The van der Waals surface area contributed by atoms with E-state index in [1.54, 1.807) is 0 Å². The highest BCUT2D eigenvalue weighted by Gasteiger charge is 2.21. The van der Waals surface area contributed by atoms with Crippen LogP contribution in [0, 0.1) is 0 Å². The van der Waals surface area contributed by atoms with Gasteiger partial charge in [-0.25, -0.2) is 0 Å². The summed E-state index contributed by atoms with van der Waals surface area (Å²) in [5, 5.41) is 4.18. The third-order valence-electron chi connectivity index (χ3n) is 2.22. The monoisotopic (exact) mass is 196 g/mol. The van der Waals surface area contributed by atoms with Gasteiger partial charge in [-0.3, -0.25) is 0 Å². The van der Waals surface area contributed by atoms with Crippen LogP contribution in [-0.2, 0) is 6.54 Å². The predicted octanol–water partition coefficient (Wildman–Crippen LogP) is 2.37. The van der Waals surface area contributed by atoms with Crippen LogP contribution >= 0.6 is 11.6 Å². The van der Waals surface area contributed by atoms with Gasteiger partial charge in [-0.1, -0.05) is 11.6 Å². The quantitative estimate of drug-likeness (QED) is 0.779. The molecule has 1 saturated carbocycles. The Labute approximate surface area is 83.1 Å². The zero-order valence-electron chi connectivity index (χ0n) is 7.39. The molecule has 70 valence electrons. The summed E-state index contributed by atoms with van der Waals surface area (Å²) in [6.07, 6.45) is 2.54. The van der Waals surface area contributed by atoms with Crippen LogP contribution in [0.4, 0.5) is 5.69 Å². The van der Waals surface area contributed by atoms with Crippen LogP contribution in [0.3, 0.4) is 0 Å². The summed E-state index contributed by atoms with van der Waals surface area (Å²) in [5.41, 5.74) is 7.85. The fourth-order valence-electron chi connectivity index (χ4n) is 1.32. The lowest BCUT2D eigenvalue weighted by Crippen LogP contribution is -2.06. The first-order chi connectivity index (χ1) is 6.29. The summed E-state index contributed by atoms with van der Waals surface area (Å²) in [5.74, 6) is 0. The van der Waals surface area contributed by atoms with Crippen LogP contribution in [0.1, 0.15) is 18.4 Å². The van der Waals surface area contributed by atoms with Crippen molar-refractivity contribution in [1.29, 1.82) is 0 Å². The summed E-state index contributed by atoms with van der Waals surface area (Å²) in [7, 11) is 0. The fraction of sp³-hybridized carbons (Fsp3) is 0.400. The van der Waals surface area contributed by atoms with Crippen molar-refractivity contribution in [3.05, 3.63) is 28.8 Å². The Kier molecular flexibility index (Phi) is 2.42. The maximum atomic E-state index is 5.86. The Bertz CT molecular complexity index is 308. The molecule has 0 aliphatic heterocycles. The van der Waals surface area contributed by atoms with Gasteiger partial charge in [-0.05, 0) is 36.6 Å². The molecule has 0 heterocycles. The molecule has 0 spiro atoms. The molecular weight excluding hydrogens is 184 g/mol. The Balaban J connectivity index is 2.21. The van der Waals surface area contributed by atoms with Crippen LogP contribution < -0.4 is 11.1 Å². The lowest BCUT2D eigenvalue weighted by molar-refractivity contribution is 1.05. The minimum Gasteiger partial charge on any atom is -0.382 e. The van der Waals surface area contributed by atoms with Crippen molar-refractivity contribution in [3.63, 3.8) is 0 Å². The molecule has 0 saturated heterocycles.